The van der Waals surface area contributed by atoms with Gasteiger partial charge in [-0.2, -0.15) is 0 Å². The Morgan fingerprint density at radius 2 is 1.79 bits per heavy atom. The molecule has 0 amide bonds. The van der Waals surface area contributed by atoms with Crippen molar-refractivity contribution in [3.63, 3.8) is 0 Å². The number of rotatable bonds is 1. The van der Waals surface area contributed by atoms with E-state index in [0.717, 1.165) is 0 Å². The first-order chi connectivity index (χ1) is 6.79. The standard InChI is InChI=1S/C10H10.C4H6/c1-8-6-7-9-4-2-3-5-10(8)9;1-3-4-2/h2-8H,1H3;3-4H,1-2H2. The van der Waals surface area contributed by atoms with Crippen molar-refractivity contribution in [1.29, 1.82) is 0 Å². The van der Waals surface area contributed by atoms with Gasteiger partial charge in [-0.3, -0.25) is 0 Å². The van der Waals surface area contributed by atoms with Crippen LogP contribution in [0.2, 0.25) is 0 Å². The highest BCUT2D eigenvalue weighted by Crippen LogP contribution is 2.28. The molecule has 1 aromatic carbocycles. The molecule has 0 nitrogen and oxygen atoms in total. The molecule has 72 valence electrons. The molecule has 0 heteroatoms. The zero-order chi connectivity index (χ0) is 10.4. The topological polar surface area (TPSA) is 0 Å². The summed E-state index contributed by atoms with van der Waals surface area (Å²) >= 11 is 0. The zero-order valence-corrected chi connectivity index (χ0v) is 8.61. The van der Waals surface area contributed by atoms with E-state index in [1.165, 1.54) is 11.1 Å². The van der Waals surface area contributed by atoms with Gasteiger partial charge in [0.25, 0.3) is 0 Å². The van der Waals surface area contributed by atoms with Gasteiger partial charge in [0.15, 0.2) is 0 Å². The van der Waals surface area contributed by atoms with Crippen LogP contribution in [0.15, 0.2) is 55.7 Å². The quantitative estimate of drug-likeness (QED) is 0.574. The van der Waals surface area contributed by atoms with Crippen LogP contribution in [0.25, 0.3) is 6.08 Å². The molecule has 1 aliphatic rings. The molecule has 1 aliphatic carbocycles. The van der Waals surface area contributed by atoms with Crippen LogP contribution in [0, 0.1) is 0 Å². The molecule has 0 saturated carbocycles. The Labute approximate surface area is 86.3 Å². The molecule has 1 aromatic rings. The second kappa shape index (κ2) is 5.23. The SMILES string of the molecule is C=CC=C.CC1C=Cc2ccccc21. The van der Waals surface area contributed by atoms with Gasteiger partial charge >= 0.3 is 0 Å². The van der Waals surface area contributed by atoms with E-state index in [1.54, 1.807) is 12.2 Å². The summed E-state index contributed by atoms with van der Waals surface area (Å²) < 4.78 is 0. The van der Waals surface area contributed by atoms with Gasteiger partial charge < -0.3 is 0 Å². The Bertz CT molecular complexity index is 339. The molecule has 14 heavy (non-hydrogen) atoms. The van der Waals surface area contributed by atoms with Crippen LogP contribution in [0.4, 0.5) is 0 Å². The number of hydrogen-bond acceptors (Lipinski definition) is 0. The predicted molar refractivity (Wildman–Crippen MR) is 64.3 cm³/mol. The number of hydrogen-bond donors (Lipinski definition) is 0. The summed E-state index contributed by atoms with van der Waals surface area (Å²) in [5.74, 6) is 0.621. The summed E-state index contributed by atoms with van der Waals surface area (Å²) in [4.78, 5) is 0. The first-order valence-electron chi connectivity index (χ1n) is 4.80. The fraction of sp³-hybridized carbons (Fsp3) is 0.143. The first kappa shape index (κ1) is 10.5. The Balaban J connectivity index is 0.000000213. The van der Waals surface area contributed by atoms with Crippen molar-refractivity contribution in [2.45, 2.75) is 12.8 Å². The molecule has 1 atom stereocenters. The van der Waals surface area contributed by atoms with Gasteiger partial charge in [-0.25, -0.2) is 0 Å². The zero-order valence-electron chi connectivity index (χ0n) is 8.61. The van der Waals surface area contributed by atoms with Crippen LogP contribution >= 0.6 is 0 Å². The van der Waals surface area contributed by atoms with E-state index in [0.29, 0.717) is 5.92 Å². The third-order valence-corrected chi connectivity index (χ3v) is 2.22. The van der Waals surface area contributed by atoms with Crippen molar-refractivity contribution in [3.05, 3.63) is 66.8 Å². The molecule has 1 unspecified atom stereocenters. The van der Waals surface area contributed by atoms with Crippen LogP contribution < -0.4 is 0 Å². The average Bonchev–Trinajstić information content (AvgIpc) is 2.62. The van der Waals surface area contributed by atoms with E-state index in [1.807, 2.05) is 0 Å². The van der Waals surface area contributed by atoms with Crippen molar-refractivity contribution in [1.82, 2.24) is 0 Å². The van der Waals surface area contributed by atoms with Gasteiger partial charge in [0.1, 0.15) is 0 Å². The van der Waals surface area contributed by atoms with Crippen LogP contribution in [0.1, 0.15) is 24.0 Å². The van der Waals surface area contributed by atoms with E-state index < -0.39 is 0 Å². The maximum Gasteiger partial charge on any atom is -0.000118 e. The van der Waals surface area contributed by atoms with Gasteiger partial charge in [-0.15, -0.1) is 0 Å². The van der Waals surface area contributed by atoms with Crippen molar-refractivity contribution in [2.75, 3.05) is 0 Å². The molecule has 0 aliphatic heterocycles. The number of allylic oxidation sites excluding steroid dienone is 3. The summed E-state index contributed by atoms with van der Waals surface area (Å²) in [6.07, 6.45) is 7.71. The third kappa shape index (κ3) is 2.46. The van der Waals surface area contributed by atoms with Crippen LogP contribution in [0.5, 0.6) is 0 Å². The van der Waals surface area contributed by atoms with Crippen molar-refractivity contribution in [2.24, 2.45) is 0 Å². The maximum absolute atomic E-state index is 3.36. The normalized spacial score (nSPS) is 16.5. The lowest BCUT2D eigenvalue weighted by atomic mass is 10.0. The lowest BCUT2D eigenvalue weighted by molar-refractivity contribution is 0.990. The van der Waals surface area contributed by atoms with E-state index in [-0.39, 0.29) is 0 Å². The monoisotopic (exact) mass is 184 g/mol. The summed E-state index contributed by atoms with van der Waals surface area (Å²) in [5.41, 5.74) is 2.84. The van der Waals surface area contributed by atoms with Gasteiger partial charge in [-0.1, -0.05) is 68.7 Å². The second-order valence-electron chi connectivity index (χ2n) is 3.25. The lowest BCUT2D eigenvalue weighted by Gasteiger charge is -2.01. The minimum Gasteiger partial charge on any atom is -0.0991 e. The predicted octanol–water partition coefficient (Wildman–Crippen LogP) is 4.18. The van der Waals surface area contributed by atoms with E-state index in [2.05, 4.69) is 56.5 Å². The van der Waals surface area contributed by atoms with Gasteiger partial charge in [-0.05, 0) is 17.0 Å². The summed E-state index contributed by atoms with van der Waals surface area (Å²) in [6, 6.07) is 8.54. The fourth-order valence-electron chi connectivity index (χ4n) is 1.43. The summed E-state index contributed by atoms with van der Waals surface area (Å²) in [7, 11) is 0. The third-order valence-electron chi connectivity index (χ3n) is 2.22. The summed E-state index contributed by atoms with van der Waals surface area (Å²) in [5, 5.41) is 0. The summed E-state index contributed by atoms with van der Waals surface area (Å²) in [6.45, 7) is 8.95. The lowest BCUT2D eigenvalue weighted by Crippen LogP contribution is -1.84. The van der Waals surface area contributed by atoms with Gasteiger partial charge in [0.05, 0.1) is 0 Å². The molecule has 0 bridgehead atoms. The molecule has 2 rings (SSSR count). The van der Waals surface area contributed by atoms with E-state index in [4.69, 9.17) is 0 Å². The average molecular weight is 184 g/mol. The molecule has 0 N–H and O–H groups in total. The van der Waals surface area contributed by atoms with Crippen molar-refractivity contribution >= 4 is 6.08 Å². The van der Waals surface area contributed by atoms with Crippen molar-refractivity contribution < 1.29 is 0 Å². The molecule has 0 aromatic heterocycles. The Morgan fingerprint density at radius 1 is 1.14 bits per heavy atom. The molecule has 0 spiro atoms. The minimum absolute atomic E-state index is 0.621. The molecular formula is C14H16. The minimum atomic E-state index is 0.621. The Kier molecular flexibility index (Phi) is 3.93. The van der Waals surface area contributed by atoms with E-state index >= 15 is 0 Å². The molecular weight excluding hydrogens is 168 g/mol. The van der Waals surface area contributed by atoms with Crippen LogP contribution in [0.3, 0.4) is 0 Å². The van der Waals surface area contributed by atoms with Crippen molar-refractivity contribution in [3.8, 4) is 0 Å². The molecule has 0 saturated heterocycles. The molecule has 0 heterocycles. The maximum atomic E-state index is 3.36. The highest BCUT2D eigenvalue weighted by atomic mass is 14.1. The molecule has 0 fully saturated rings. The fourth-order valence-corrected chi connectivity index (χ4v) is 1.43. The largest absolute Gasteiger partial charge is 0.0991 e. The van der Waals surface area contributed by atoms with E-state index in [9.17, 15) is 0 Å². The van der Waals surface area contributed by atoms with Crippen LogP contribution in [-0.4, -0.2) is 0 Å². The highest BCUT2D eigenvalue weighted by molar-refractivity contribution is 5.61. The number of fused-ring (bicyclic) bond motifs is 1. The highest BCUT2D eigenvalue weighted by Gasteiger charge is 2.09. The van der Waals surface area contributed by atoms with Crippen LogP contribution in [-0.2, 0) is 0 Å². The Hall–Kier alpha value is -1.56. The Morgan fingerprint density at radius 3 is 2.36 bits per heavy atom. The second-order valence-corrected chi connectivity index (χ2v) is 3.25. The number of benzene rings is 1. The molecule has 0 radical (unpaired) electrons. The first-order valence-corrected chi connectivity index (χ1v) is 4.80. The van der Waals surface area contributed by atoms with Gasteiger partial charge in [0, 0.05) is 0 Å². The van der Waals surface area contributed by atoms with Gasteiger partial charge in [0.2, 0.25) is 0 Å². The smallest absolute Gasteiger partial charge is 0.000118 e.